The molecule has 0 unspecified atom stereocenters. The fourth-order valence-corrected chi connectivity index (χ4v) is 3.95. The number of ether oxygens (including phenoxy) is 1. The molecule has 4 rings (SSSR count). The molecule has 2 nitrogen and oxygen atoms in total. The van der Waals surface area contributed by atoms with E-state index < -0.39 is 0 Å². The first-order valence-electron chi connectivity index (χ1n) is 9.17. The molecule has 0 aliphatic carbocycles. The fourth-order valence-electron chi connectivity index (χ4n) is 3.27. The molecular weight excluding hydrogens is 352 g/mol. The molecule has 3 heteroatoms. The highest BCUT2D eigenvalue weighted by atomic mass is 32.2. The predicted octanol–water partition coefficient (Wildman–Crippen LogP) is 6.51. The number of hydrogen-bond acceptors (Lipinski definition) is 3. The maximum Gasteiger partial charge on any atom is 0.148 e. The minimum absolute atomic E-state index is 0.559. The van der Waals surface area contributed by atoms with Crippen LogP contribution in [0.2, 0.25) is 0 Å². The second kappa shape index (κ2) is 8.36. The van der Waals surface area contributed by atoms with E-state index in [1.807, 2.05) is 30.3 Å². The molecule has 0 atom stereocenters. The van der Waals surface area contributed by atoms with Crippen LogP contribution in [0.1, 0.15) is 28.7 Å². The molecule has 0 spiro atoms. The van der Waals surface area contributed by atoms with Crippen LogP contribution in [0.25, 0.3) is 11.3 Å². The molecule has 27 heavy (non-hydrogen) atoms. The van der Waals surface area contributed by atoms with Gasteiger partial charge in [0.05, 0.1) is 12.0 Å². The highest BCUT2D eigenvalue weighted by molar-refractivity contribution is 7.94. The van der Waals surface area contributed by atoms with E-state index in [2.05, 4.69) is 55.5 Å². The fraction of sp³-hybridized carbons (Fsp3) is 0.167. The van der Waals surface area contributed by atoms with Gasteiger partial charge in [0.1, 0.15) is 18.1 Å². The summed E-state index contributed by atoms with van der Waals surface area (Å²) >= 11 is 1.52. The molecule has 0 bridgehead atoms. The average molecular weight is 375 g/mol. The van der Waals surface area contributed by atoms with E-state index in [1.54, 1.807) is 0 Å². The Labute approximate surface area is 165 Å². The largest absolute Gasteiger partial charge is 0.489 e. The predicted molar refractivity (Wildman–Crippen MR) is 113 cm³/mol. The molecule has 136 valence electrons. The highest BCUT2D eigenvalue weighted by Crippen LogP contribution is 2.39. The summed E-state index contributed by atoms with van der Waals surface area (Å²) in [5.74, 6) is 2.77. The normalized spacial score (nSPS) is 14.0. The van der Waals surface area contributed by atoms with Crippen LogP contribution in [0.3, 0.4) is 0 Å². The molecule has 1 aliphatic heterocycles. The Morgan fingerprint density at radius 3 is 2.59 bits per heavy atom. The van der Waals surface area contributed by atoms with Crippen LogP contribution in [-0.2, 0) is 10.8 Å². The van der Waals surface area contributed by atoms with Gasteiger partial charge in [0.25, 0.3) is 0 Å². The Morgan fingerprint density at radius 2 is 1.74 bits per heavy atom. The SMILES string of the molecule is Cc1ccccc1C1=C(c2cccc(OCc3ccccc3)c2)OSCC1. The Balaban J connectivity index is 1.64. The lowest BCUT2D eigenvalue weighted by molar-refractivity contribution is 0.306. The molecule has 0 aromatic heterocycles. The van der Waals surface area contributed by atoms with E-state index in [1.165, 1.54) is 28.7 Å². The van der Waals surface area contributed by atoms with Gasteiger partial charge in [-0.3, -0.25) is 0 Å². The van der Waals surface area contributed by atoms with E-state index in [-0.39, 0.29) is 0 Å². The van der Waals surface area contributed by atoms with Crippen molar-refractivity contribution in [2.24, 2.45) is 0 Å². The van der Waals surface area contributed by atoms with Crippen molar-refractivity contribution in [3.05, 3.63) is 101 Å². The Bertz CT molecular complexity index is 947. The molecule has 3 aromatic carbocycles. The number of rotatable bonds is 5. The van der Waals surface area contributed by atoms with Gasteiger partial charge in [0.2, 0.25) is 0 Å². The van der Waals surface area contributed by atoms with Crippen LogP contribution >= 0.6 is 12.0 Å². The molecular formula is C24H22O2S. The standard InChI is InChI=1S/C24H22O2S/c1-18-8-5-6-13-22(18)23-14-15-27-26-24(23)20-11-7-12-21(16-20)25-17-19-9-3-2-4-10-19/h2-13,16H,14-15,17H2,1H3. The summed E-state index contributed by atoms with van der Waals surface area (Å²) < 4.78 is 12.0. The maximum atomic E-state index is 6.04. The molecule has 0 saturated carbocycles. The third kappa shape index (κ3) is 4.20. The summed E-state index contributed by atoms with van der Waals surface area (Å²) in [7, 11) is 0. The minimum Gasteiger partial charge on any atom is -0.489 e. The summed E-state index contributed by atoms with van der Waals surface area (Å²) in [6, 6.07) is 26.9. The quantitative estimate of drug-likeness (QED) is 0.474. The van der Waals surface area contributed by atoms with Gasteiger partial charge in [-0.1, -0.05) is 66.7 Å². The van der Waals surface area contributed by atoms with Crippen molar-refractivity contribution in [2.75, 3.05) is 5.75 Å². The van der Waals surface area contributed by atoms with Crippen molar-refractivity contribution in [1.29, 1.82) is 0 Å². The van der Waals surface area contributed by atoms with Crippen LogP contribution in [0.5, 0.6) is 5.75 Å². The van der Waals surface area contributed by atoms with Gasteiger partial charge in [-0.25, -0.2) is 0 Å². The van der Waals surface area contributed by atoms with Gasteiger partial charge in [-0.05, 0) is 42.2 Å². The monoisotopic (exact) mass is 374 g/mol. The smallest absolute Gasteiger partial charge is 0.148 e. The summed E-state index contributed by atoms with van der Waals surface area (Å²) in [6.07, 6.45) is 1.000. The number of allylic oxidation sites excluding steroid dienone is 1. The number of aryl methyl sites for hydroxylation is 1. The van der Waals surface area contributed by atoms with Crippen LogP contribution in [0.15, 0.2) is 78.9 Å². The van der Waals surface area contributed by atoms with Gasteiger partial charge < -0.3 is 8.92 Å². The molecule has 1 aliphatic rings. The zero-order chi connectivity index (χ0) is 18.5. The molecule has 3 aromatic rings. The highest BCUT2D eigenvalue weighted by Gasteiger charge is 2.20. The third-order valence-electron chi connectivity index (χ3n) is 4.67. The second-order valence-electron chi connectivity index (χ2n) is 6.58. The van der Waals surface area contributed by atoms with Gasteiger partial charge in [0, 0.05) is 16.9 Å². The lowest BCUT2D eigenvalue weighted by Crippen LogP contribution is -2.03. The molecule has 0 fully saturated rings. The summed E-state index contributed by atoms with van der Waals surface area (Å²) in [5, 5.41) is 0. The topological polar surface area (TPSA) is 18.5 Å². The van der Waals surface area contributed by atoms with Crippen LogP contribution in [0.4, 0.5) is 0 Å². The summed E-state index contributed by atoms with van der Waals surface area (Å²) in [4.78, 5) is 0. The molecule has 0 saturated heterocycles. The number of hydrogen-bond donors (Lipinski definition) is 0. The van der Waals surface area contributed by atoms with Crippen molar-refractivity contribution < 1.29 is 8.92 Å². The van der Waals surface area contributed by atoms with Crippen molar-refractivity contribution in [3.63, 3.8) is 0 Å². The van der Waals surface area contributed by atoms with Gasteiger partial charge in [-0.2, -0.15) is 0 Å². The van der Waals surface area contributed by atoms with Gasteiger partial charge in [0.15, 0.2) is 0 Å². The first-order chi connectivity index (χ1) is 13.3. The zero-order valence-corrected chi connectivity index (χ0v) is 16.2. The van der Waals surface area contributed by atoms with Gasteiger partial charge in [-0.15, -0.1) is 0 Å². The van der Waals surface area contributed by atoms with E-state index in [0.29, 0.717) is 6.61 Å². The summed E-state index contributed by atoms with van der Waals surface area (Å²) in [5.41, 5.74) is 6.03. The van der Waals surface area contributed by atoms with E-state index in [9.17, 15) is 0 Å². The Hall–Kier alpha value is -2.65. The zero-order valence-electron chi connectivity index (χ0n) is 15.4. The van der Waals surface area contributed by atoms with E-state index in [4.69, 9.17) is 8.92 Å². The molecule has 1 heterocycles. The van der Waals surface area contributed by atoms with Crippen LogP contribution in [0, 0.1) is 6.92 Å². The van der Waals surface area contributed by atoms with Crippen molar-refractivity contribution >= 4 is 23.4 Å². The maximum absolute atomic E-state index is 6.04. The van der Waals surface area contributed by atoms with Crippen molar-refractivity contribution in [3.8, 4) is 5.75 Å². The van der Waals surface area contributed by atoms with E-state index >= 15 is 0 Å². The van der Waals surface area contributed by atoms with Crippen molar-refractivity contribution in [1.82, 2.24) is 0 Å². The molecule has 0 radical (unpaired) electrons. The molecule has 0 amide bonds. The lowest BCUT2D eigenvalue weighted by atomic mass is 9.95. The Morgan fingerprint density at radius 1 is 0.926 bits per heavy atom. The van der Waals surface area contributed by atoms with Crippen molar-refractivity contribution in [2.45, 2.75) is 20.0 Å². The minimum atomic E-state index is 0.559. The van der Waals surface area contributed by atoms with Gasteiger partial charge >= 0.3 is 0 Å². The number of benzene rings is 3. The van der Waals surface area contributed by atoms with Crippen LogP contribution < -0.4 is 4.74 Å². The Kier molecular flexibility index (Phi) is 5.50. The third-order valence-corrected chi connectivity index (χ3v) is 5.32. The summed E-state index contributed by atoms with van der Waals surface area (Å²) in [6.45, 7) is 2.71. The lowest BCUT2D eigenvalue weighted by Gasteiger charge is -2.22. The van der Waals surface area contributed by atoms with Crippen LogP contribution in [-0.4, -0.2) is 5.75 Å². The average Bonchev–Trinajstić information content (AvgIpc) is 2.74. The molecule has 0 N–H and O–H groups in total. The van der Waals surface area contributed by atoms with E-state index in [0.717, 1.165) is 34.8 Å². The first-order valence-corrected chi connectivity index (χ1v) is 10.1. The second-order valence-corrected chi connectivity index (χ2v) is 7.39. The first kappa shape index (κ1) is 17.7.